The zero-order chi connectivity index (χ0) is 37.1. The Kier molecular flexibility index (Phi) is 8.72. The number of carbonyl (C=O) groups is 4. The van der Waals surface area contributed by atoms with E-state index in [1.54, 1.807) is 84.3 Å². The topological polar surface area (TPSA) is 113 Å². The Morgan fingerprint density at radius 1 is 0.585 bits per heavy atom. The van der Waals surface area contributed by atoms with Gasteiger partial charge in [0.15, 0.2) is 0 Å². The first-order valence-corrected chi connectivity index (χ1v) is 18.9. The van der Waals surface area contributed by atoms with Gasteiger partial charge >= 0.3 is 0 Å². The van der Waals surface area contributed by atoms with Crippen molar-refractivity contribution in [1.29, 1.82) is 0 Å². The number of nitrogens with zero attached hydrogens (tertiary/aromatic N) is 5. The summed E-state index contributed by atoms with van der Waals surface area (Å²) in [5.41, 5.74) is 4.67. The third kappa shape index (κ3) is 5.90. The van der Waals surface area contributed by atoms with E-state index in [9.17, 15) is 19.2 Å². The van der Waals surface area contributed by atoms with Crippen molar-refractivity contribution in [1.82, 2.24) is 24.8 Å². The first-order chi connectivity index (χ1) is 25.5. The molecule has 7 heterocycles. The Bertz CT molecular complexity index is 2580. The number of rotatable bonds is 5. The predicted octanol–water partition coefficient (Wildman–Crippen LogP) is 9.64. The molecule has 12 heteroatoms. The van der Waals surface area contributed by atoms with Crippen molar-refractivity contribution in [3.05, 3.63) is 145 Å². The molecule has 0 saturated carbocycles. The number of amides is 4. The van der Waals surface area contributed by atoms with Crippen LogP contribution < -0.4 is 0 Å². The second-order valence-corrected chi connectivity index (χ2v) is 15.7. The Hall–Kier alpha value is -5.62. The summed E-state index contributed by atoms with van der Waals surface area (Å²) < 4.78 is 0. The van der Waals surface area contributed by atoms with Gasteiger partial charge in [0, 0.05) is 37.9 Å². The van der Waals surface area contributed by atoms with Crippen molar-refractivity contribution < 1.29 is 19.2 Å². The van der Waals surface area contributed by atoms with Crippen LogP contribution in [-0.2, 0) is 0 Å². The number of thiophene rings is 2. The molecule has 53 heavy (non-hydrogen) atoms. The number of aryl methyl sites for hydroxylation is 2. The molecule has 262 valence electrons. The van der Waals surface area contributed by atoms with Crippen molar-refractivity contribution in [3.63, 3.8) is 0 Å². The number of halogens is 1. The standard InChI is InChI=1S/C23H17N3O2S.C18H13ClN2O2S/c1-13-11-15-12-18(20(25-21(15)29-13)19-9-5-6-10-24-19)14(2)26-22(27)16-7-3-4-8-17(16)23(26)28;1-9-7-11-8-14(15(19)20-16(11)24-9)10(2)21-17(22)12-5-3-4-6-13(12)18(21)23/h3-12,14H,1-2H3;3-8,10H,1-2H3/t14-;10-/m00/s1. The van der Waals surface area contributed by atoms with Gasteiger partial charge in [-0.05, 0) is 88.4 Å². The van der Waals surface area contributed by atoms with E-state index in [-0.39, 0.29) is 23.6 Å². The fourth-order valence-corrected chi connectivity index (χ4v) is 9.00. The van der Waals surface area contributed by atoms with E-state index in [0.29, 0.717) is 38.7 Å². The smallest absolute Gasteiger partial charge is 0.262 e. The van der Waals surface area contributed by atoms with Crippen LogP contribution in [0.2, 0.25) is 5.15 Å². The number of imide groups is 2. The highest BCUT2D eigenvalue weighted by Gasteiger charge is 2.41. The molecule has 4 amide bonds. The monoisotopic (exact) mass is 755 g/mol. The number of pyridine rings is 3. The molecule has 2 aromatic carbocycles. The molecule has 2 atom stereocenters. The van der Waals surface area contributed by atoms with Crippen LogP contribution in [0.5, 0.6) is 0 Å². The molecule has 2 aliphatic rings. The Morgan fingerprint density at radius 2 is 1.02 bits per heavy atom. The fourth-order valence-electron chi connectivity index (χ4n) is 6.92. The highest BCUT2D eigenvalue weighted by atomic mass is 35.5. The molecule has 0 saturated heterocycles. The molecule has 0 fully saturated rings. The zero-order valence-electron chi connectivity index (χ0n) is 29.0. The van der Waals surface area contributed by atoms with Gasteiger partial charge < -0.3 is 0 Å². The fraction of sp³-hybridized carbons (Fsp3) is 0.146. The number of fused-ring (bicyclic) bond motifs is 4. The Morgan fingerprint density at radius 3 is 1.49 bits per heavy atom. The average molecular weight is 756 g/mol. The van der Waals surface area contributed by atoms with Crippen LogP contribution in [-0.4, -0.2) is 48.4 Å². The van der Waals surface area contributed by atoms with Crippen molar-refractivity contribution in [3.8, 4) is 11.4 Å². The molecule has 0 N–H and O–H groups in total. The van der Waals surface area contributed by atoms with Gasteiger partial charge in [-0.25, -0.2) is 9.97 Å². The highest BCUT2D eigenvalue weighted by Crippen LogP contribution is 2.39. The summed E-state index contributed by atoms with van der Waals surface area (Å²) in [6.45, 7) is 7.72. The van der Waals surface area contributed by atoms with E-state index in [4.69, 9.17) is 16.6 Å². The number of hydrogen-bond acceptors (Lipinski definition) is 9. The third-order valence-electron chi connectivity index (χ3n) is 9.51. The van der Waals surface area contributed by atoms with Crippen LogP contribution in [0.1, 0.15) is 88.2 Å². The van der Waals surface area contributed by atoms with Crippen LogP contribution in [0, 0.1) is 13.8 Å². The molecule has 2 aliphatic heterocycles. The molecule has 0 bridgehead atoms. The van der Waals surface area contributed by atoms with Gasteiger partial charge in [-0.1, -0.05) is 41.9 Å². The van der Waals surface area contributed by atoms with Crippen LogP contribution >= 0.6 is 34.3 Å². The molecule has 0 aliphatic carbocycles. The first-order valence-electron chi connectivity index (χ1n) is 16.8. The largest absolute Gasteiger partial charge is 0.269 e. The number of carbonyl (C=O) groups excluding carboxylic acids is 4. The summed E-state index contributed by atoms with van der Waals surface area (Å²) in [5, 5.41) is 2.31. The van der Waals surface area contributed by atoms with Crippen molar-refractivity contribution in [2.45, 2.75) is 39.8 Å². The van der Waals surface area contributed by atoms with E-state index in [1.165, 1.54) is 9.80 Å². The summed E-state index contributed by atoms with van der Waals surface area (Å²) >= 11 is 9.52. The molecule has 9 rings (SSSR count). The Balaban J connectivity index is 0.000000154. The van der Waals surface area contributed by atoms with Gasteiger partial charge in [-0.3, -0.25) is 34.0 Å². The number of benzene rings is 2. The van der Waals surface area contributed by atoms with E-state index in [1.807, 2.05) is 57.2 Å². The summed E-state index contributed by atoms with van der Waals surface area (Å²) in [6, 6.07) is 26.6. The summed E-state index contributed by atoms with van der Waals surface area (Å²) in [4.78, 5) is 71.7. The van der Waals surface area contributed by atoms with Gasteiger partial charge in [0.05, 0.1) is 45.7 Å². The predicted molar refractivity (Wildman–Crippen MR) is 208 cm³/mol. The van der Waals surface area contributed by atoms with Gasteiger partial charge in [0.1, 0.15) is 14.8 Å². The van der Waals surface area contributed by atoms with Crippen LogP contribution in [0.25, 0.3) is 31.8 Å². The van der Waals surface area contributed by atoms with E-state index in [2.05, 4.69) is 16.0 Å². The lowest BCUT2D eigenvalue weighted by molar-refractivity contribution is 0.0579. The summed E-state index contributed by atoms with van der Waals surface area (Å²) in [5.74, 6) is -1.13. The maximum absolute atomic E-state index is 13.0. The summed E-state index contributed by atoms with van der Waals surface area (Å²) in [7, 11) is 0. The molecule has 7 aromatic rings. The second kappa shape index (κ2) is 13.4. The molecular weight excluding hydrogens is 726 g/mol. The molecule has 9 nitrogen and oxygen atoms in total. The van der Waals surface area contributed by atoms with Crippen molar-refractivity contribution in [2.75, 3.05) is 0 Å². The maximum atomic E-state index is 13.0. The quantitative estimate of drug-likeness (QED) is 0.127. The van der Waals surface area contributed by atoms with E-state index in [0.717, 1.165) is 41.4 Å². The average Bonchev–Trinajstić information content (AvgIpc) is 3.86. The third-order valence-corrected chi connectivity index (χ3v) is 11.7. The van der Waals surface area contributed by atoms with E-state index >= 15 is 0 Å². The van der Waals surface area contributed by atoms with Gasteiger partial charge in [-0.2, -0.15) is 0 Å². The first kappa shape index (κ1) is 34.5. The van der Waals surface area contributed by atoms with Crippen molar-refractivity contribution in [2.24, 2.45) is 0 Å². The lowest BCUT2D eigenvalue weighted by Crippen LogP contribution is -2.33. The molecule has 0 radical (unpaired) electrons. The molecule has 0 unspecified atom stereocenters. The van der Waals surface area contributed by atoms with E-state index < -0.39 is 12.1 Å². The normalized spacial score (nSPS) is 14.8. The molecular formula is C41H30ClN5O4S2. The summed E-state index contributed by atoms with van der Waals surface area (Å²) in [6.07, 6.45) is 1.72. The van der Waals surface area contributed by atoms with Gasteiger partial charge in [0.2, 0.25) is 0 Å². The number of aromatic nitrogens is 3. The SMILES string of the molecule is Cc1cc2cc([C@H](C)N3C(=O)c4ccccc4C3=O)c(-c3ccccn3)nc2s1.Cc1cc2cc([C@H](C)N3C(=O)c4ccccc4C3=O)c(Cl)nc2s1. The van der Waals surface area contributed by atoms with Crippen LogP contribution in [0.4, 0.5) is 0 Å². The maximum Gasteiger partial charge on any atom is 0.262 e. The lowest BCUT2D eigenvalue weighted by Gasteiger charge is -2.24. The minimum absolute atomic E-state index is 0.272. The van der Waals surface area contributed by atoms with Crippen LogP contribution in [0.15, 0.2) is 97.2 Å². The number of hydrogen-bond donors (Lipinski definition) is 0. The second-order valence-electron chi connectivity index (χ2n) is 12.9. The van der Waals surface area contributed by atoms with Crippen molar-refractivity contribution >= 4 is 78.3 Å². The lowest BCUT2D eigenvalue weighted by atomic mass is 10.0. The minimum atomic E-state index is -0.484. The van der Waals surface area contributed by atoms with Crippen LogP contribution in [0.3, 0.4) is 0 Å². The van der Waals surface area contributed by atoms with Gasteiger partial charge in [-0.15, -0.1) is 22.7 Å². The minimum Gasteiger partial charge on any atom is -0.269 e. The molecule has 5 aromatic heterocycles. The van der Waals surface area contributed by atoms with Gasteiger partial charge in [0.25, 0.3) is 23.6 Å². The molecule has 0 spiro atoms. The Labute approximate surface area is 317 Å². The highest BCUT2D eigenvalue weighted by molar-refractivity contribution is 7.18. The zero-order valence-corrected chi connectivity index (χ0v) is 31.3.